The highest BCUT2D eigenvalue weighted by molar-refractivity contribution is 5.92. The van der Waals surface area contributed by atoms with Crippen molar-refractivity contribution in [2.75, 3.05) is 18.4 Å². The number of hydrogen-bond acceptors (Lipinski definition) is 6. The first kappa shape index (κ1) is 24.9. The number of aromatic nitrogens is 2. The van der Waals surface area contributed by atoms with Gasteiger partial charge in [-0.25, -0.2) is 0 Å². The first-order valence-corrected chi connectivity index (χ1v) is 12.4. The van der Waals surface area contributed by atoms with Gasteiger partial charge in [0.15, 0.2) is 0 Å². The van der Waals surface area contributed by atoms with Crippen LogP contribution in [-0.4, -0.2) is 40.1 Å². The van der Waals surface area contributed by atoms with Crippen molar-refractivity contribution in [1.29, 1.82) is 0 Å². The van der Waals surface area contributed by atoms with Crippen LogP contribution in [0.1, 0.15) is 58.9 Å². The SMILES string of the molecule is CC(C)Oc1ccc(NC(=O)C2CCN(Cc3nc(-c4ccc(C(C)(C)C)cc4)no3)CC2)cc1. The van der Waals surface area contributed by atoms with E-state index in [-0.39, 0.29) is 23.3 Å². The highest BCUT2D eigenvalue weighted by Crippen LogP contribution is 2.26. The molecule has 0 saturated carbocycles. The molecule has 0 aliphatic carbocycles. The Balaban J connectivity index is 1.26. The van der Waals surface area contributed by atoms with Crippen molar-refractivity contribution in [3.63, 3.8) is 0 Å². The number of rotatable bonds is 7. The molecule has 0 bridgehead atoms. The van der Waals surface area contributed by atoms with E-state index >= 15 is 0 Å². The zero-order chi connectivity index (χ0) is 25.0. The summed E-state index contributed by atoms with van der Waals surface area (Å²) in [4.78, 5) is 19.6. The zero-order valence-corrected chi connectivity index (χ0v) is 21.4. The first-order valence-electron chi connectivity index (χ1n) is 12.4. The van der Waals surface area contributed by atoms with Crippen molar-refractivity contribution in [2.45, 2.75) is 65.5 Å². The van der Waals surface area contributed by atoms with E-state index < -0.39 is 0 Å². The second-order valence-corrected chi connectivity index (χ2v) is 10.6. The number of piperidine rings is 1. The molecule has 1 saturated heterocycles. The molecule has 2 aromatic carbocycles. The van der Waals surface area contributed by atoms with Gasteiger partial charge in [0.05, 0.1) is 12.6 Å². The molecule has 186 valence electrons. The lowest BCUT2D eigenvalue weighted by Crippen LogP contribution is -2.37. The lowest BCUT2D eigenvalue weighted by molar-refractivity contribution is -0.121. The predicted octanol–water partition coefficient (Wildman–Crippen LogP) is 5.67. The number of nitrogens with zero attached hydrogens (tertiary/aromatic N) is 3. The second-order valence-electron chi connectivity index (χ2n) is 10.6. The smallest absolute Gasteiger partial charge is 0.241 e. The van der Waals surface area contributed by atoms with Gasteiger partial charge in [-0.1, -0.05) is 50.2 Å². The van der Waals surface area contributed by atoms with Crippen LogP contribution < -0.4 is 10.1 Å². The van der Waals surface area contributed by atoms with E-state index in [0.29, 0.717) is 18.3 Å². The minimum absolute atomic E-state index is 0.00239. The standard InChI is InChI=1S/C28H36N4O3/c1-19(2)34-24-12-10-23(11-13-24)29-27(33)21-14-16-32(17-15-21)18-25-30-26(31-35-25)20-6-8-22(9-7-20)28(3,4)5/h6-13,19,21H,14-18H2,1-5H3,(H,29,33). The molecule has 1 aromatic heterocycles. The van der Waals surface area contributed by atoms with Crippen molar-refractivity contribution in [2.24, 2.45) is 5.92 Å². The zero-order valence-electron chi connectivity index (χ0n) is 21.4. The molecule has 7 nitrogen and oxygen atoms in total. The molecule has 1 N–H and O–H groups in total. The summed E-state index contributed by atoms with van der Waals surface area (Å²) in [5.74, 6) is 2.09. The fourth-order valence-corrected chi connectivity index (χ4v) is 4.23. The molecule has 0 atom stereocenters. The van der Waals surface area contributed by atoms with Crippen LogP contribution in [0.15, 0.2) is 53.1 Å². The molecular formula is C28H36N4O3. The number of hydrogen-bond donors (Lipinski definition) is 1. The van der Waals surface area contributed by atoms with Crippen molar-refractivity contribution >= 4 is 11.6 Å². The minimum atomic E-state index is -0.00239. The van der Waals surface area contributed by atoms with Crippen LogP contribution >= 0.6 is 0 Å². The maximum Gasteiger partial charge on any atom is 0.241 e. The molecular weight excluding hydrogens is 440 g/mol. The summed E-state index contributed by atoms with van der Waals surface area (Å²) < 4.78 is 11.2. The molecule has 1 aliphatic heterocycles. The Morgan fingerprint density at radius 3 is 2.34 bits per heavy atom. The third kappa shape index (κ3) is 6.69. The van der Waals surface area contributed by atoms with Gasteiger partial charge in [0, 0.05) is 17.2 Å². The third-order valence-corrected chi connectivity index (χ3v) is 6.29. The number of likely N-dealkylation sites (tertiary alicyclic amines) is 1. The maximum absolute atomic E-state index is 12.7. The minimum Gasteiger partial charge on any atom is -0.491 e. The number of anilines is 1. The molecule has 2 heterocycles. The fourth-order valence-electron chi connectivity index (χ4n) is 4.23. The second kappa shape index (κ2) is 10.6. The van der Waals surface area contributed by atoms with Crippen molar-refractivity contribution < 1.29 is 14.1 Å². The van der Waals surface area contributed by atoms with Gasteiger partial charge < -0.3 is 14.6 Å². The summed E-state index contributed by atoms with van der Waals surface area (Å²) in [6.07, 6.45) is 1.73. The van der Waals surface area contributed by atoms with Crippen LogP contribution in [0.4, 0.5) is 5.69 Å². The van der Waals surface area contributed by atoms with E-state index in [2.05, 4.69) is 53.3 Å². The summed E-state index contributed by atoms with van der Waals surface area (Å²) in [6, 6.07) is 15.9. The van der Waals surface area contributed by atoms with Crippen molar-refractivity contribution in [1.82, 2.24) is 15.0 Å². The molecule has 0 spiro atoms. The highest BCUT2D eigenvalue weighted by Gasteiger charge is 2.26. The van der Waals surface area contributed by atoms with Gasteiger partial charge in [-0.05, 0) is 75.0 Å². The number of benzene rings is 2. The normalized spacial score (nSPS) is 15.4. The Kier molecular flexibility index (Phi) is 7.55. The Morgan fingerprint density at radius 1 is 1.09 bits per heavy atom. The molecule has 1 amide bonds. The summed E-state index contributed by atoms with van der Waals surface area (Å²) in [6.45, 7) is 12.8. The summed E-state index contributed by atoms with van der Waals surface area (Å²) in [5.41, 5.74) is 3.13. The molecule has 0 unspecified atom stereocenters. The van der Waals surface area contributed by atoms with Gasteiger partial charge in [0.1, 0.15) is 5.75 Å². The monoisotopic (exact) mass is 476 g/mol. The quantitative estimate of drug-likeness (QED) is 0.473. The molecule has 3 aromatic rings. The van der Waals surface area contributed by atoms with Crippen LogP contribution in [-0.2, 0) is 16.8 Å². The van der Waals surface area contributed by atoms with E-state index in [4.69, 9.17) is 9.26 Å². The Bertz CT molecular complexity index is 1110. The topological polar surface area (TPSA) is 80.5 Å². The lowest BCUT2D eigenvalue weighted by atomic mass is 9.87. The van der Waals surface area contributed by atoms with Gasteiger partial charge in [-0.15, -0.1) is 0 Å². The first-order chi connectivity index (χ1) is 16.7. The number of carbonyl (C=O) groups is 1. The van der Waals surface area contributed by atoms with Gasteiger partial charge >= 0.3 is 0 Å². The van der Waals surface area contributed by atoms with Gasteiger partial charge in [-0.2, -0.15) is 4.98 Å². The van der Waals surface area contributed by atoms with Crippen LogP contribution in [0, 0.1) is 5.92 Å². The van der Waals surface area contributed by atoms with E-state index in [1.807, 2.05) is 50.2 Å². The van der Waals surface area contributed by atoms with Gasteiger partial charge in [0.2, 0.25) is 17.6 Å². The van der Waals surface area contributed by atoms with E-state index in [1.54, 1.807) is 0 Å². The van der Waals surface area contributed by atoms with Crippen LogP contribution in [0.3, 0.4) is 0 Å². The maximum atomic E-state index is 12.7. The van der Waals surface area contributed by atoms with Gasteiger partial charge in [-0.3, -0.25) is 9.69 Å². The molecule has 0 radical (unpaired) electrons. The average molecular weight is 477 g/mol. The fraction of sp³-hybridized carbons (Fsp3) is 0.464. The van der Waals surface area contributed by atoms with Gasteiger partial charge in [0.25, 0.3) is 0 Å². The number of amides is 1. The molecule has 35 heavy (non-hydrogen) atoms. The van der Waals surface area contributed by atoms with Crippen molar-refractivity contribution in [3.05, 3.63) is 60.0 Å². The summed E-state index contributed by atoms with van der Waals surface area (Å²) in [5, 5.41) is 7.21. The molecule has 1 fully saturated rings. The number of ether oxygens (including phenoxy) is 1. The molecule has 7 heteroatoms. The molecule has 4 rings (SSSR count). The third-order valence-electron chi connectivity index (χ3n) is 6.29. The number of nitrogens with one attached hydrogen (secondary N) is 1. The Labute approximate surface area is 207 Å². The van der Waals surface area contributed by atoms with Crippen molar-refractivity contribution in [3.8, 4) is 17.1 Å². The molecule has 1 aliphatic rings. The van der Waals surface area contributed by atoms with Crippen LogP contribution in [0.5, 0.6) is 5.75 Å². The van der Waals surface area contributed by atoms with E-state index in [1.165, 1.54) is 5.56 Å². The van der Waals surface area contributed by atoms with Crippen LogP contribution in [0.25, 0.3) is 11.4 Å². The summed E-state index contributed by atoms with van der Waals surface area (Å²) >= 11 is 0. The van der Waals surface area contributed by atoms with E-state index in [9.17, 15) is 4.79 Å². The predicted molar refractivity (Wildman–Crippen MR) is 137 cm³/mol. The average Bonchev–Trinajstić information content (AvgIpc) is 3.28. The van der Waals surface area contributed by atoms with Crippen LogP contribution in [0.2, 0.25) is 0 Å². The largest absolute Gasteiger partial charge is 0.491 e. The highest BCUT2D eigenvalue weighted by atomic mass is 16.5. The van der Waals surface area contributed by atoms with E-state index in [0.717, 1.165) is 42.9 Å². The lowest BCUT2D eigenvalue weighted by Gasteiger charge is -2.30. The Hall–Kier alpha value is -3.19. The summed E-state index contributed by atoms with van der Waals surface area (Å²) in [7, 11) is 0. The number of carbonyl (C=O) groups excluding carboxylic acids is 1. The Morgan fingerprint density at radius 2 is 1.74 bits per heavy atom.